The van der Waals surface area contributed by atoms with Gasteiger partial charge in [0.05, 0.1) is 16.7 Å². The quantitative estimate of drug-likeness (QED) is 0.644. The number of halogens is 1. The first-order chi connectivity index (χ1) is 12.1. The molecule has 0 fully saturated rings. The van der Waals surface area contributed by atoms with Gasteiger partial charge in [0, 0.05) is 5.56 Å². The number of ether oxygens (including phenoxy) is 1. The van der Waals surface area contributed by atoms with Gasteiger partial charge in [0.2, 0.25) is 0 Å². The Hall–Kier alpha value is -3.10. The third-order valence-corrected chi connectivity index (χ3v) is 3.98. The number of hydrogen-bond donors (Lipinski definition) is 0. The molecule has 3 rings (SSSR count). The Bertz CT molecular complexity index is 956. The van der Waals surface area contributed by atoms with Gasteiger partial charge in [0.25, 0.3) is 0 Å². The Morgan fingerprint density at radius 1 is 1.24 bits per heavy atom. The van der Waals surface area contributed by atoms with Gasteiger partial charge in [0.15, 0.2) is 0 Å². The van der Waals surface area contributed by atoms with Crippen LogP contribution < -0.4 is 0 Å². The van der Waals surface area contributed by atoms with E-state index in [2.05, 4.69) is 5.16 Å². The molecule has 0 aliphatic heterocycles. The second-order valence-corrected chi connectivity index (χ2v) is 5.73. The second-order valence-electron chi connectivity index (χ2n) is 5.33. The summed E-state index contributed by atoms with van der Waals surface area (Å²) in [6, 6.07) is 15.9. The number of esters is 1. The third-order valence-electron chi connectivity index (χ3n) is 3.65. The molecule has 0 bridgehead atoms. The van der Waals surface area contributed by atoms with Crippen molar-refractivity contribution < 1.29 is 14.1 Å². The summed E-state index contributed by atoms with van der Waals surface area (Å²) < 4.78 is 10.5. The zero-order valence-electron chi connectivity index (χ0n) is 13.3. The molecule has 0 saturated heterocycles. The van der Waals surface area contributed by atoms with E-state index in [1.54, 1.807) is 55.5 Å². The zero-order chi connectivity index (χ0) is 17.8. The predicted molar refractivity (Wildman–Crippen MR) is 92.0 cm³/mol. The molecule has 25 heavy (non-hydrogen) atoms. The van der Waals surface area contributed by atoms with Gasteiger partial charge in [-0.2, -0.15) is 5.26 Å². The van der Waals surface area contributed by atoms with E-state index < -0.39 is 5.97 Å². The average Bonchev–Trinajstić information content (AvgIpc) is 3.02. The normalized spacial score (nSPS) is 10.3. The number of hydrogen-bond acceptors (Lipinski definition) is 5. The summed E-state index contributed by atoms with van der Waals surface area (Å²) in [6.07, 6.45) is 0. The van der Waals surface area contributed by atoms with Crippen LogP contribution in [0.2, 0.25) is 5.02 Å². The molecule has 0 N–H and O–H groups in total. The molecule has 0 unspecified atom stereocenters. The number of aryl methyl sites for hydroxylation is 1. The summed E-state index contributed by atoms with van der Waals surface area (Å²) in [6.45, 7) is 1.72. The maximum absolute atomic E-state index is 12.5. The fourth-order valence-electron chi connectivity index (χ4n) is 2.35. The van der Waals surface area contributed by atoms with Crippen LogP contribution in [0.1, 0.15) is 27.2 Å². The molecule has 0 atom stereocenters. The fourth-order valence-corrected chi connectivity index (χ4v) is 2.57. The topological polar surface area (TPSA) is 76.1 Å². The minimum atomic E-state index is -0.543. The van der Waals surface area contributed by atoms with Crippen molar-refractivity contribution in [3.05, 3.63) is 76.0 Å². The number of rotatable bonds is 4. The highest BCUT2D eigenvalue weighted by Gasteiger charge is 2.24. The number of benzene rings is 2. The van der Waals surface area contributed by atoms with Crippen molar-refractivity contribution in [1.82, 2.24) is 5.16 Å². The minimum absolute atomic E-state index is 0.0805. The van der Waals surface area contributed by atoms with Crippen LogP contribution in [0.3, 0.4) is 0 Å². The van der Waals surface area contributed by atoms with Crippen molar-refractivity contribution in [2.45, 2.75) is 13.5 Å². The third kappa shape index (κ3) is 3.54. The Kier molecular flexibility index (Phi) is 4.82. The van der Waals surface area contributed by atoms with Crippen LogP contribution in [0.25, 0.3) is 11.3 Å². The summed E-state index contributed by atoms with van der Waals surface area (Å²) in [5, 5.41) is 13.2. The Morgan fingerprint density at radius 2 is 1.96 bits per heavy atom. The van der Waals surface area contributed by atoms with Gasteiger partial charge >= 0.3 is 5.97 Å². The maximum atomic E-state index is 12.5. The minimum Gasteiger partial charge on any atom is -0.457 e. The monoisotopic (exact) mass is 352 g/mol. The lowest BCUT2D eigenvalue weighted by molar-refractivity contribution is 0.0471. The van der Waals surface area contributed by atoms with E-state index in [1.165, 1.54) is 0 Å². The fraction of sp³-hybridized carbons (Fsp3) is 0.105. The van der Waals surface area contributed by atoms with Crippen LogP contribution in [-0.4, -0.2) is 11.1 Å². The van der Waals surface area contributed by atoms with E-state index in [4.69, 9.17) is 26.1 Å². The summed E-state index contributed by atoms with van der Waals surface area (Å²) in [7, 11) is 0. The molecule has 1 heterocycles. The van der Waals surface area contributed by atoms with E-state index in [-0.39, 0.29) is 12.2 Å². The van der Waals surface area contributed by atoms with Crippen LogP contribution in [0, 0.1) is 18.3 Å². The molecule has 0 amide bonds. The van der Waals surface area contributed by atoms with E-state index >= 15 is 0 Å². The summed E-state index contributed by atoms with van der Waals surface area (Å²) in [5.74, 6) is -0.183. The lowest BCUT2D eigenvalue weighted by atomic mass is 10.1. The largest absolute Gasteiger partial charge is 0.457 e. The highest BCUT2D eigenvalue weighted by molar-refractivity contribution is 6.33. The van der Waals surface area contributed by atoms with Gasteiger partial charge in [0.1, 0.15) is 23.6 Å². The summed E-state index contributed by atoms with van der Waals surface area (Å²) in [4.78, 5) is 12.5. The van der Waals surface area contributed by atoms with Crippen LogP contribution >= 0.6 is 11.6 Å². The van der Waals surface area contributed by atoms with E-state index in [0.29, 0.717) is 27.6 Å². The number of nitriles is 1. The van der Waals surface area contributed by atoms with Crippen molar-refractivity contribution in [2.75, 3.05) is 0 Å². The maximum Gasteiger partial charge on any atom is 0.344 e. The van der Waals surface area contributed by atoms with Gasteiger partial charge in [-0.15, -0.1) is 0 Å². The molecule has 1 aromatic heterocycles. The van der Waals surface area contributed by atoms with Crippen molar-refractivity contribution in [3.63, 3.8) is 0 Å². The van der Waals surface area contributed by atoms with Crippen molar-refractivity contribution in [2.24, 2.45) is 0 Å². The molecule has 5 nitrogen and oxygen atoms in total. The van der Waals surface area contributed by atoms with Crippen LogP contribution in [0.4, 0.5) is 0 Å². The first-order valence-corrected chi connectivity index (χ1v) is 7.85. The Balaban J connectivity index is 1.82. The molecular weight excluding hydrogens is 340 g/mol. The first-order valence-electron chi connectivity index (χ1n) is 7.47. The van der Waals surface area contributed by atoms with E-state index in [1.807, 2.05) is 6.07 Å². The lowest BCUT2D eigenvalue weighted by Crippen LogP contribution is -2.07. The predicted octanol–water partition coefficient (Wildman–Crippen LogP) is 4.53. The molecule has 0 radical (unpaired) electrons. The molecular formula is C19H13ClN2O3. The number of nitrogens with zero attached hydrogens (tertiary/aromatic N) is 2. The molecule has 0 aliphatic carbocycles. The van der Waals surface area contributed by atoms with Crippen molar-refractivity contribution >= 4 is 17.6 Å². The standard InChI is InChI=1S/C19H13ClN2O3/c1-12-17(18(22-25-12)15-4-2-3-5-16(15)20)19(23)24-11-14-8-6-13(10-21)7-9-14/h2-9H,11H2,1H3. The second kappa shape index (κ2) is 7.20. The van der Waals surface area contributed by atoms with Gasteiger partial charge in [-0.3, -0.25) is 0 Å². The highest BCUT2D eigenvalue weighted by Crippen LogP contribution is 2.31. The smallest absolute Gasteiger partial charge is 0.344 e. The molecule has 2 aromatic carbocycles. The number of carbonyl (C=O) groups is 1. The van der Waals surface area contributed by atoms with Gasteiger partial charge in [-0.1, -0.05) is 47.1 Å². The summed E-state index contributed by atoms with van der Waals surface area (Å²) >= 11 is 6.19. The molecule has 0 aliphatic rings. The van der Waals surface area contributed by atoms with Gasteiger partial charge in [-0.05, 0) is 30.7 Å². The Labute approximate surface area is 149 Å². The van der Waals surface area contributed by atoms with Gasteiger partial charge in [-0.25, -0.2) is 4.79 Å². The number of carbonyl (C=O) groups excluding carboxylic acids is 1. The number of aromatic nitrogens is 1. The Morgan fingerprint density at radius 3 is 2.64 bits per heavy atom. The molecule has 6 heteroatoms. The molecule has 0 saturated carbocycles. The SMILES string of the molecule is Cc1onc(-c2ccccc2Cl)c1C(=O)OCc1ccc(C#N)cc1. The van der Waals surface area contributed by atoms with E-state index in [9.17, 15) is 4.79 Å². The van der Waals surface area contributed by atoms with Crippen LogP contribution in [0.5, 0.6) is 0 Å². The first kappa shape index (κ1) is 16.7. The van der Waals surface area contributed by atoms with E-state index in [0.717, 1.165) is 5.56 Å². The molecule has 0 spiro atoms. The summed E-state index contributed by atoms with van der Waals surface area (Å²) in [5.41, 5.74) is 2.53. The highest BCUT2D eigenvalue weighted by atomic mass is 35.5. The van der Waals surface area contributed by atoms with Crippen LogP contribution in [0.15, 0.2) is 53.1 Å². The van der Waals surface area contributed by atoms with Crippen molar-refractivity contribution in [3.8, 4) is 17.3 Å². The van der Waals surface area contributed by atoms with Crippen LogP contribution in [-0.2, 0) is 11.3 Å². The molecule has 3 aromatic rings. The lowest BCUT2D eigenvalue weighted by Gasteiger charge is -2.06. The van der Waals surface area contributed by atoms with Gasteiger partial charge < -0.3 is 9.26 Å². The van der Waals surface area contributed by atoms with Crippen molar-refractivity contribution in [1.29, 1.82) is 5.26 Å². The average molecular weight is 353 g/mol. The zero-order valence-corrected chi connectivity index (χ0v) is 14.1. The molecule has 124 valence electrons.